The SMILES string of the molecule is CCC1(NCC2CNc3ccccc3O2)CCC1. The van der Waals surface area contributed by atoms with E-state index in [4.69, 9.17) is 4.74 Å². The quantitative estimate of drug-likeness (QED) is 0.857. The van der Waals surface area contributed by atoms with Crippen molar-refractivity contribution in [1.29, 1.82) is 0 Å². The number of hydrogen-bond acceptors (Lipinski definition) is 3. The van der Waals surface area contributed by atoms with Crippen LogP contribution in [0.3, 0.4) is 0 Å². The maximum atomic E-state index is 6.02. The second-order valence-electron chi connectivity index (χ2n) is 5.49. The predicted molar refractivity (Wildman–Crippen MR) is 74.2 cm³/mol. The molecule has 2 aliphatic rings. The molecule has 1 aliphatic carbocycles. The van der Waals surface area contributed by atoms with Crippen LogP contribution in [0.1, 0.15) is 32.6 Å². The van der Waals surface area contributed by atoms with Gasteiger partial charge in [0, 0.05) is 12.1 Å². The van der Waals surface area contributed by atoms with Crippen LogP contribution in [0.25, 0.3) is 0 Å². The maximum absolute atomic E-state index is 6.02. The van der Waals surface area contributed by atoms with Gasteiger partial charge in [-0.2, -0.15) is 0 Å². The number of para-hydroxylation sites is 2. The average molecular weight is 246 g/mol. The van der Waals surface area contributed by atoms with E-state index in [2.05, 4.69) is 23.6 Å². The highest BCUT2D eigenvalue weighted by Gasteiger charge is 2.35. The van der Waals surface area contributed by atoms with Crippen LogP contribution in [0.15, 0.2) is 24.3 Å². The molecule has 1 saturated carbocycles. The zero-order valence-corrected chi connectivity index (χ0v) is 11.0. The number of ether oxygens (including phenoxy) is 1. The number of rotatable bonds is 4. The Balaban J connectivity index is 1.56. The van der Waals surface area contributed by atoms with Crippen molar-refractivity contribution in [1.82, 2.24) is 5.32 Å². The van der Waals surface area contributed by atoms with Gasteiger partial charge in [-0.25, -0.2) is 0 Å². The Labute approximate surface area is 109 Å². The van der Waals surface area contributed by atoms with Crippen molar-refractivity contribution in [3.8, 4) is 5.75 Å². The van der Waals surface area contributed by atoms with Crippen molar-refractivity contribution in [3.05, 3.63) is 24.3 Å². The summed E-state index contributed by atoms with van der Waals surface area (Å²) in [6.45, 7) is 4.11. The molecule has 1 fully saturated rings. The second-order valence-corrected chi connectivity index (χ2v) is 5.49. The lowest BCUT2D eigenvalue weighted by Crippen LogP contribution is -2.54. The first-order valence-corrected chi connectivity index (χ1v) is 7.06. The molecule has 0 bridgehead atoms. The van der Waals surface area contributed by atoms with Gasteiger partial charge in [0.15, 0.2) is 0 Å². The fourth-order valence-corrected chi connectivity index (χ4v) is 2.86. The monoisotopic (exact) mass is 246 g/mol. The summed E-state index contributed by atoms with van der Waals surface area (Å²) in [4.78, 5) is 0. The fraction of sp³-hybridized carbons (Fsp3) is 0.600. The van der Waals surface area contributed by atoms with E-state index in [0.29, 0.717) is 5.54 Å². The van der Waals surface area contributed by atoms with Gasteiger partial charge in [-0.05, 0) is 37.8 Å². The van der Waals surface area contributed by atoms with Gasteiger partial charge in [0.05, 0.1) is 12.2 Å². The van der Waals surface area contributed by atoms with E-state index in [9.17, 15) is 0 Å². The summed E-state index contributed by atoms with van der Waals surface area (Å²) in [7, 11) is 0. The second kappa shape index (κ2) is 4.81. The Morgan fingerprint density at radius 3 is 2.94 bits per heavy atom. The van der Waals surface area contributed by atoms with Gasteiger partial charge in [0.1, 0.15) is 11.9 Å². The topological polar surface area (TPSA) is 33.3 Å². The number of nitrogens with one attached hydrogen (secondary N) is 2. The lowest BCUT2D eigenvalue weighted by atomic mass is 9.75. The van der Waals surface area contributed by atoms with Crippen LogP contribution in [-0.2, 0) is 0 Å². The molecule has 0 radical (unpaired) electrons. The molecule has 1 aromatic carbocycles. The minimum absolute atomic E-state index is 0.240. The molecule has 98 valence electrons. The van der Waals surface area contributed by atoms with E-state index in [0.717, 1.165) is 24.5 Å². The van der Waals surface area contributed by atoms with Gasteiger partial charge < -0.3 is 15.4 Å². The van der Waals surface area contributed by atoms with Gasteiger partial charge in [-0.1, -0.05) is 19.1 Å². The minimum atomic E-state index is 0.240. The molecule has 0 aromatic heterocycles. The summed E-state index contributed by atoms with van der Waals surface area (Å²) in [6, 6.07) is 8.16. The molecule has 18 heavy (non-hydrogen) atoms. The third-order valence-electron chi connectivity index (χ3n) is 4.39. The Morgan fingerprint density at radius 1 is 1.39 bits per heavy atom. The Kier molecular flexibility index (Phi) is 3.16. The first-order valence-electron chi connectivity index (χ1n) is 7.06. The molecule has 1 unspecified atom stereocenters. The summed E-state index contributed by atoms with van der Waals surface area (Å²) in [5, 5.41) is 7.16. The Bertz CT molecular complexity index is 409. The van der Waals surface area contributed by atoms with E-state index >= 15 is 0 Å². The van der Waals surface area contributed by atoms with Crippen molar-refractivity contribution in [2.24, 2.45) is 0 Å². The van der Waals surface area contributed by atoms with Crippen LogP contribution in [0.5, 0.6) is 5.75 Å². The molecule has 2 N–H and O–H groups in total. The average Bonchev–Trinajstić information content (AvgIpc) is 2.38. The molecule has 1 aromatic rings. The summed E-state index contributed by atoms with van der Waals surface area (Å²) >= 11 is 0. The first-order chi connectivity index (χ1) is 8.81. The zero-order chi connectivity index (χ0) is 12.4. The van der Waals surface area contributed by atoms with Crippen molar-refractivity contribution in [3.63, 3.8) is 0 Å². The minimum Gasteiger partial charge on any atom is -0.485 e. The van der Waals surface area contributed by atoms with Crippen LogP contribution in [0.4, 0.5) is 5.69 Å². The third kappa shape index (κ3) is 2.19. The molecule has 3 nitrogen and oxygen atoms in total. The normalized spacial score (nSPS) is 24.4. The van der Waals surface area contributed by atoms with Gasteiger partial charge >= 0.3 is 0 Å². The zero-order valence-electron chi connectivity index (χ0n) is 11.0. The van der Waals surface area contributed by atoms with Crippen LogP contribution < -0.4 is 15.4 Å². The standard InChI is InChI=1S/C15H22N2O/c1-2-15(8-5-9-15)17-11-12-10-16-13-6-3-4-7-14(13)18-12/h3-4,6-7,12,16-17H,2,5,8-11H2,1H3. The smallest absolute Gasteiger partial charge is 0.142 e. The Hall–Kier alpha value is -1.22. The van der Waals surface area contributed by atoms with Crippen molar-refractivity contribution in [2.75, 3.05) is 18.4 Å². The number of fused-ring (bicyclic) bond motifs is 1. The van der Waals surface area contributed by atoms with Gasteiger partial charge in [0.2, 0.25) is 0 Å². The van der Waals surface area contributed by atoms with E-state index < -0.39 is 0 Å². The van der Waals surface area contributed by atoms with Crippen LogP contribution in [0.2, 0.25) is 0 Å². The van der Waals surface area contributed by atoms with Crippen LogP contribution >= 0.6 is 0 Å². The van der Waals surface area contributed by atoms with E-state index in [1.807, 2.05) is 18.2 Å². The summed E-state index contributed by atoms with van der Waals surface area (Å²) in [5.74, 6) is 0.981. The van der Waals surface area contributed by atoms with Crippen molar-refractivity contribution < 1.29 is 4.74 Å². The number of anilines is 1. The lowest BCUT2D eigenvalue weighted by Gasteiger charge is -2.43. The molecule has 1 aliphatic heterocycles. The largest absolute Gasteiger partial charge is 0.485 e. The highest BCUT2D eigenvalue weighted by atomic mass is 16.5. The molecule has 0 spiro atoms. The van der Waals surface area contributed by atoms with Gasteiger partial charge in [-0.3, -0.25) is 0 Å². The van der Waals surface area contributed by atoms with Crippen LogP contribution in [-0.4, -0.2) is 24.7 Å². The van der Waals surface area contributed by atoms with Gasteiger partial charge in [-0.15, -0.1) is 0 Å². The van der Waals surface area contributed by atoms with Crippen molar-refractivity contribution in [2.45, 2.75) is 44.2 Å². The van der Waals surface area contributed by atoms with E-state index in [-0.39, 0.29) is 6.10 Å². The molecule has 3 heteroatoms. The molecular formula is C15H22N2O. The highest BCUT2D eigenvalue weighted by Crippen LogP contribution is 2.35. The van der Waals surface area contributed by atoms with E-state index in [1.54, 1.807) is 0 Å². The summed E-state index contributed by atoms with van der Waals surface area (Å²) in [6.07, 6.45) is 5.47. The fourth-order valence-electron chi connectivity index (χ4n) is 2.86. The highest BCUT2D eigenvalue weighted by molar-refractivity contribution is 5.57. The molecule has 0 saturated heterocycles. The number of benzene rings is 1. The van der Waals surface area contributed by atoms with Gasteiger partial charge in [0.25, 0.3) is 0 Å². The maximum Gasteiger partial charge on any atom is 0.142 e. The molecule has 3 rings (SSSR count). The van der Waals surface area contributed by atoms with Crippen molar-refractivity contribution >= 4 is 5.69 Å². The van der Waals surface area contributed by atoms with E-state index in [1.165, 1.54) is 25.7 Å². The predicted octanol–water partition coefficient (Wildman–Crippen LogP) is 2.78. The first kappa shape index (κ1) is 11.8. The Morgan fingerprint density at radius 2 is 2.22 bits per heavy atom. The molecular weight excluding hydrogens is 224 g/mol. The summed E-state index contributed by atoms with van der Waals surface area (Å²) in [5.41, 5.74) is 1.52. The molecule has 1 heterocycles. The van der Waals surface area contributed by atoms with Crippen LogP contribution in [0, 0.1) is 0 Å². The number of hydrogen-bond donors (Lipinski definition) is 2. The third-order valence-corrected chi connectivity index (χ3v) is 4.39. The molecule has 0 amide bonds. The summed E-state index contributed by atoms with van der Waals surface area (Å²) < 4.78 is 6.02. The molecule has 1 atom stereocenters. The lowest BCUT2D eigenvalue weighted by molar-refractivity contribution is 0.134.